The van der Waals surface area contributed by atoms with E-state index in [1.54, 1.807) is 0 Å². The molecule has 4 heteroatoms. The second kappa shape index (κ2) is 10.2. The zero-order chi connectivity index (χ0) is 29.7. The number of fused-ring (bicyclic) bond motifs is 5. The average molecular weight is 576 g/mol. The van der Waals surface area contributed by atoms with Gasteiger partial charge in [0.25, 0.3) is 0 Å². The molecule has 0 atom stereocenters. The summed E-state index contributed by atoms with van der Waals surface area (Å²) in [7, 11) is 0. The van der Waals surface area contributed by atoms with Crippen LogP contribution in [-0.4, -0.2) is 15.0 Å². The molecule has 45 heavy (non-hydrogen) atoms. The average Bonchev–Trinajstić information content (AvgIpc) is 3.47. The summed E-state index contributed by atoms with van der Waals surface area (Å²) in [6.07, 6.45) is 0. The van der Waals surface area contributed by atoms with Crippen molar-refractivity contribution in [2.45, 2.75) is 0 Å². The van der Waals surface area contributed by atoms with Gasteiger partial charge in [0, 0.05) is 27.5 Å². The van der Waals surface area contributed by atoms with E-state index in [4.69, 9.17) is 19.4 Å². The molecular weight excluding hydrogens is 550 g/mol. The molecule has 0 spiro atoms. The lowest BCUT2D eigenvalue weighted by Gasteiger charge is -2.11. The third-order valence-corrected chi connectivity index (χ3v) is 8.51. The van der Waals surface area contributed by atoms with Crippen LogP contribution in [0.5, 0.6) is 0 Å². The van der Waals surface area contributed by atoms with E-state index in [0.29, 0.717) is 17.5 Å². The van der Waals surface area contributed by atoms with E-state index in [1.165, 1.54) is 10.9 Å². The Bertz CT molecular complexity index is 2530. The molecule has 0 radical (unpaired) electrons. The third-order valence-electron chi connectivity index (χ3n) is 8.51. The van der Waals surface area contributed by atoms with Crippen molar-refractivity contribution in [3.8, 4) is 45.3 Å². The predicted octanol–water partition coefficient (Wildman–Crippen LogP) is 10.7. The Morgan fingerprint density at radius 1 is 0.333 bits per heavy atom. The molecule has 210 valence electrons. The SMILES string of the molecule is c1ccc(-c2ccc(-c3nc(-c4ccc5c(c4)oc4cc6ccccc6cc45)nc(-c4cccc5ccccc45)n3)cc2)cc1. The maximum atomic E-state index is 6.39. The summed E-state index contributed by atoms with van der Waals surface area (Å²) >= 11 is 0. The van der Waals surface area contributed by atoms with E-state index in [0.717, 1.165) is 60.4 Å². The fourth-order valence-corrected chi connectivity index (χ4v) is 6.22. The molecule has 4 nitrogen and oxygen atoms in total. The minimum atomic E-state index is 0.600. The highest BCUT2D eigenvalue weighted by atomic mass is 16.3. The molecule has 2 aromatic heterocycles. The van der Waals surface area contributed by atoms with Gasteiger partial charge in [0.15, 0.2) is 17.5 Å². The number of hydrogen-bond donors (Lipinski definition) is 0. The fraction of sp³-hybridized carbons (Fsp3) is 0. The number of furan rings is 1. The Morgan fingerprint density at radius 2 is 0.911 bits per heavy atom. The molecule has 9 aromatic rings. The van der Waals surface area contributed by atoms with Gasteiger partial charge in [-0.3, -0.25) is 0 Å². The van der Waals surface area contributed by atoms with Crippen LogP contribution < -0.4 is 0 Å². The Morgan fingerprint density at radius 3 is 1.73 bits per heavy atom. The van der Waals surface area contributed by atoms with Gasteiger partial charge in [-0.05, 0) is 56.9 Å². The number of aromatic nitrogens is 3. The minimum Gasteiger partial charge on any atom is -0.456 e. The quantitative estimate of drug-likeness (QED) is 0.209. The standard InChI is InChI=1S/C41H25N3O/c1-2-9-26(10-3-1)27-17-19-29(20-18-27)39-42-40(44-41(43-39)35-16-8-14-28-11-6-7-15-33(28)35)32-21-22-34-36-23-30-12-4-5-13-31(30)24-38(36)45-37(34)25-32/h1-25H. The van der Waals surface area contributed by atoms with E-state index >= 15 is 0 Å². The lowest BCUT2D eigenvalue weighted by atomic mass is 10.0. The molecule has 9 rings (SSSR count). The van der Waals surface area contributed by atoms with Gasteiger partial charge in [-0.2, -0.15) is 0 Å². The summed E-state index contributed by atoms with van der Waals surface area (Å²) in [6.45, 7) is 0. The van der Waals surface area contributed by atoms with Crippen LogP contribution in [0.2, 0.25) is 0 Å². The molecule has 0 bridgehead atoms. The van der Waals surface area contributed by atoms with Crippen LogP contribution in [0.25, 0.3) is 88.8 Å². The Labute approximate surface area is 259 Å². The van der Waals surface area contributed by atoms with Crippen molar-refractivity contribution in [1.29, 1.82) is 0 Å². The Kier molecular flexibility index (Phi) is 5.78. The lowest BCUT2D eigenvalue weighted by Crippen LogP contribution is -2.00. The van der Waals surface area contributed by atoms with Crippen molar-refractivity contribution < 1.29 is 4.42 Å². The van der Waals surface area contributed by atoms with E-state index in [2.05, 4.69) is 140 Å². The van der Waals surface area contributed by atoms with Gasteiger partial charge in [0.2, 0.25) is 0 Å². The molecule has 0 aliphatic rings. The number of benzene rings is 7. The van der Waals surface area contributed by atoms with Crippen molar-refractivity contribution in [3.05, 3.63) is 152 Å². The summed E-state index contributed by atoms with van der Waals surface area (Å²) in [5.41, 5.74) is 6.75. The monoisotopic (exact) mass is 575 g/mol. The van der Waals surface area contributed by atoms with Crippen molar-refractivity contribution >= 4 is 43.5 Å². The first kappa shape index (κ1) is 25.4. The van der Waals surface area contributed by atoms with Crippen molar-refractivity contribution in [2.24, 2.45) is 0 Å². The van der Waals surface area contributed by atoms with Crippen molar-refractivity contribution in [1.82, 2.24) is 15.0 Å². The zero-order valence-electron chi connectivity index (χ0n) is 24.2. The Hall–Kier alpha value is -6.13. The molecule has 0 aliphatic heterocycles. The molecule has 0 unspecified atom stereocenters. The normalized spacial score (nSPS) is 11.6. The second-order valence-corrected chi connectivity index (χ2v) is 11.3. The summed E-state index contributed by atoms with van der Waals surface area (Å²) in [4.78, 5) is 15.1. The van der Waals surface area contributed by atoms with Gasteiger partial charge >= 0.3 is 0 Å². The van der Waals surface area contributed by atoms with Crippen LogP contribution in [0.15, 0.2) is 156 Å². The van der Waals surface area contributed by atoms with E-state index in [9.17, 15) is 0 Å². The topological polar surface area (TPSA) is 51.8 Å². The highest BCUT2D eigenvalue weighted by Crippen LogP contribution is 2.35. The van der Waals surface area contributed by atoms with Crippen LogP contribution in [0, 0.1) is 0 Å². The summed E-state index contributed by atoms with van der Waals surface area (Å²) < 4.78 is 6.39. The zero-order valence-corrected chi connectivity index (χ0v) is 24.2. The molecule has 0 saturated heterocycles. The van der Waals surface area contributed by atoms with Crippen LogP contribution in [0.4, 0.5) is 0 Å². The largest absolute Gasteiger partial charge is 0.456 e. The van der Waals surface area contributed by atoms with Crippen LogP contribution >= 0.6 is 0 Å². The van der Waals surface area contributed by atoms with Gasteiger partial charge in [-0.15, -0.1) is 0 Å². The molecule has 0 saturated carbocycles. The van der Waals surface area contributed by atoms with Crippen molar-refractivity contribution in [3.63, 3.8) is 0 Å². The summed E-state index contributed by atoms with van der Waals surface area (Å²) in [6, 6.07) is 52.3. The smallest absolute Gasteiger partial charge is 0.164 e. The predicted molar refractivity (Wildman–Crippen MR) is 184 cm³/mol. The third kappa shape index (κ3) is 4.43. The van der Waals surface area contributed by atoms with Gasteiger partial charge in [0.1, 0.15) is 11.2 Å². The number of nitrogens with zero attached hydrogens (tertiary/aromatic N) is 3. The van der Waals surface area contributed by atoms with Gasteiger partial charge in [0.05, 0.1) is 0 Å². The molecule has 2 heterocycles. The maximum Gasteiger partial charge on any atom is 0.164 e. The molecular formula is C41H25N3O. The summed E-state index contributed by atoms with van der Waals surface area (Å²) in [5.74, 6) is 1.86. The lowest BCUT2D eigenvalue weighted by molar-refractivity contribution is 0.669. The highest BCUT2D eigenvalue weighted by Gasteiger charge is 2.16. The van der Waals surface area contributed by atoms with Gasteiger partial charge in [-0.1, -0.05) is 127 Å². The van der Waals surface area contributed by atoms with Crippen LogP contribution in [-0.2, 0) is 0 Å². The second-order valence-electron chi connectivity index (χ2n) is 11.3. The first-order valence-corrected chi connectivity index (χ1v) is 15.0. The maximum absolute atomic E-state index is 6.39. The molecule has 0 fully saturated rings. The fourth-order valence-electron chi connectivity index (χ4n) is 6.22. The van der Waals surface area contributed by atoms with Crippen molar-refractivity contribution in [2.75, 3.05) is 0 Å². The highest BCUT2D eigenvalue weighted by molar-refractivity contribution is 6.10. The van der Waals surface area contributed by atoms with Gasteiger partial charge < -0.3 is 4.42 Å². The van der Waals surface area contributed by atoms with E-state index in [-0.39, 0.29) is 0 Å². The first-order valence-electron chi connectivity index (χ1n) is 15.0. The molecule has 0 N–H and O–H groups in total. The van der Waals surface area contributed by atoms with Crippen LogP contribution in [0.3, 0.4) is 0 Å². The molecule has 0 aliphatic carbocycles. The number of hydrogen-bond acceptors (Lipinski definition) is 4. The summed E-state index contributed by atoms with van der Waals surface area (Å²) in [5, 5.41) is 6.76. The van der Waals surface area contributed by atoms with Gasteiger partial charge in [-0.25, -0.2) is 15.0 Å². The van der Waals surface area contributed by atoms with E-state index in [1.807, 2.05) is 12.1 Å². The Balaban J connectivity index is 1.22. The molecule has 7 aromatic carbocycles. The first-order chi connectivity index (χ1) is 22.3. The number of rotatable bonds is 4. The van der Waals surface area contributed by atoms with Crippen LogP contribution in [0.1, 0.15) is 0 Å². The molecule has 0 amide bonds. The van der Waals surface area contributed by atoms with E-state index < -0.39 is 0 Å². The minimum absolute atomic E-state index is 0.600.